The van der Waals surface area contributed by atoms with Crippen molar-refractivity contribution in [2.75, 3.05) is 6.54 Å². The van der Waals surface area contributed by atoms with Gasteiger partial charge in [-0.25, -0.2) is 8.78 Å². The zero-order valence-corrected chi connectivity index (χ0v) is 12.0. The third-order valence-corrected chi connectivity index (χ3v) is 3.60. The molecular formula is C15H18F2N2O2. The van der Waals surface area contributed by atoms with Gasteiger partial charge in [0.1, 0.15) is 0 Å². The first-order chi connectivity index (χ1) is 9.78. The number of amides is 1. The van der Waals surface area contributed by atoms with Crippen molar-refractivity contribution in [3.63, 3.8) is 0 Å². The highest BCUT2D eigenvalue weighted by Crippen LogP contribution is 2.25. The number of carbonyl (C=O) groups excluding carboxylic acids is 2. The smallest absolute Gasteiger partial charge is 0.262 e. The Labute approximate surface area is 121 Å². The Kier molecular flexibility index (Phi) is 4.37. The van der Waals surface area contributed by atoms with Gasteiger partial charge in [0.25, 0.3) is 5.92 Å². The van der Waals surface area contributed by atoms with E-state index in [9.17, 15) is 18.4 Å². The van der Waals surface area contributed by atoms with Crippen LogP contribution in [-0.4, -0.2) is 30.2 Å². The molecule has 1 fully saturated rings. The van der Waals surface area contributed by atoms with Crippen LogP contribution in [0.5, 0.6) is 0 Å². The number of hydrogen-bond donors (Lipinski definition) is 2. The zero-order chi connectivity index (χ0) is 15.6. The molecule has 2 atom stereocenters. The van der Waals surface area contributed by atoms with Crippen molar-refractivity contribution in [1.29, 1.82) is 0 Å². The fourth-order valence-electron chi connectivity index (χ4n) is 2.30. The van der Waals surface area contributed by atoms with E-state index in [1.807, 2.05) is 0 Å². The Bertz CT molecular complexity index is 543. The van der Waals surface area contributed by atoms with Crippen LogP contribution in [0.2, 0.25) is 0 Å². The number of Topliss-reactive ketones (excluding diaryl/α,β-unsaturated/α-hetero) is 1. The molecule has 0 bridgehead atoms. The predicted molar refractivity (Wildman–Crippen MR) is 74.4 cm³/mol. The van der Waals surface area contributed by atoms with Crippen LogP contribution in [0.25, 0.3) is 0 Å². The number of hydrogen-bond acceptors (Lipinski definition) is 3. The van der Waals surface area contributed by atoms with Gasteiger partial charge in [0.05, 0.1) is 18.6 Å². The number of halogens is 2. The summed E-state index contributed by atoms with van der Waals surface area (Å²) in [4.78, 5) is 23.1. The van der Waals surface area contributed by atoms with Gasteiger partial charge in [0.15, 0.2) is 5.78 Å². The molecule has 114 valence electrons. The van der Waals surface area contributed by atoms with E-state index < -0.39 is 30.8 Å². The molecule has 1 aliphatic rings. The first-order valence-corrected chi connectivity index (χ1v) is 6.81. The summed E-state index contributed by atoms with van der Waals surface area (Å²) in [5.41, 5.74) is 1.41. The minimum Gasteiger partial charge on any atom is -0.348 e. The van der Waals surface area contributed by atoms with E-state index >= 15 is 0 Å². The average Bonchev–Trinajstić information content (AvgIpc) is 2.79. The number of carbonyl (C=O) groups is 2. The molecule has 1 aromatic carbocycles. The van der Waals surface area contributed by atoms with Gasteiger partial charge >= 0.3 is 0 Å². The first-order valence-electron chi connectivity index (χ1n) is 6.81. The van der Waals surface area contributed by atoms with Gasteiger partial charge in [-0.2, -0.15) is 0 Å². The van der Waals surface area contributed by atoms with E-state index in [0.29, 0.717) is 5.56 Å². The predicted octanol–water partition coefficient (Wildman–Crippen LogP) is 2.06. The van der Waals surface area contributed by atoms with Crippen LogP contribution in [0.3, 0.4) is 0 Å². The molecule has 21 heavy (non-hydrogen) atoms. The van der Waals surface area contributed by atoms with E-state index in [-0.39, 0.29) is 11.8 Å². The van der Waals surface area contributed by atoms with Crippen molar-refractivity contribution in [2.24, 2.45) is 0 Å². The van der Waals surface area contributed by atoms with Gasteiger partial charge in [0.2, 0.25) is 5.91 Å². The summed E-state index contributed by atoms with van der Waals surface area (Å²) in [5, 5.41) is 5.23. The van der Waals surface area contributed by atoms with Crippen LogP contribution >= 0.6 is 0 Å². The normalized spacial score (nSPS) is 21.8. The second-order valence-corrected chi connectivity index (χ2v) is 5.40. The van der Waals surface area contributed by atoms with Crippen LogP contribution in [-0.2, 0) is 4.79 Å². The maximum absolute atomic E-state index is 13.1. The molecule has 1 aromatic rings. The molecule has 0 saturated carbocycles. The lowest BCUT2D eigenvalue weighted by Crippen LogP contribution is -2.41. The first kappa shape index (κ1) is 15.6. The van der Waals surface area contributed by atoms with Crippen molar-refractivity contribution in [3.8, 4) is 0 Å². The topological polar surface area (TPSA) is 58.2 Å². The van der Waals surface area contributed by atoms with Crippen molar-refractivity contribution < 1.29 is 18.4 Å². The highest BCUT2D eigenvalue weighted by Gasteiger charge is 2.42. The van der Waals surface area contributed by atoms with Gasteiger partial charge in [0, 0.05) is 12.0 Å². The monoisotopic (exact) mass is 296 g/mol. The van der Waals surface area contributed by atoms with Crippen molar-refractivity contribution >= 4 is 11.7 Å². The molecule has 0 aromatic heterocycles. The van der Waals surface area contributed by atoms with Crippen molar-refractivity contribution in [2.45, 2.75) is 38.3 Å². The Hall–Kier alpha value is -1.82. The average molecular weight is 296 g/mol. The summed E-state index contributed by atoms with van der Waals surface area (Å²) in [7, 11) is 0. The molecule has 2 N–H and O–H groups in total. The van der Waals surface area contributed by atoms with Crippen LogP contribution < -0.4 is 10.6 Å². The Morgan fingerprint density at radius 1 is 1.33 bits per heavy atom. The summed E-state index contributed by atoms with van der Waals surface area (Å²) in [6.07, 6.45) is -0.477. The molecule has 0 radical (unpaired) electrons. The lowest BCUT2D eigenvalue weighted by atomic mass is 10.0. The maximum atomic E-state index is 13.1. The zero-order valence-electron chi connectivity index (χ0n) is 12.0. The lowest BCUT2D eigenvalue weighted by molar-refractivity contribution is -0.124. The number of alkyl halides is 2. The van der Waals surface area contributed by atoms with E-state index in [4.69, 9.17) is 0 Å². The number of rotatable bonds is 4. The van der Waals surface area contributed by atoms with Gasteiger partial charge in [-0.05, 0) is 19.4 Å². The lowest BCUT2D eigenvalue weighted by Gasteiger charge is -2.17. The largest absolute Gasteiger partial charge is 0.348 e. The number of nitrogens with one attached hydrogen (secondary N) is 2. The molecular weight excluding hydrogens is 278 g/mol. The molecule has 4 nitrogen and oxygen atoms in total. The van der Waals surface area contributed by atoms with Crippen LogP contribution in [0.1, 0.15) is 42.2 Å². The fraction of sp³-hybridized carbons (Fsp3) is 0.467. The highest BCUT2D eigenvalue weighted by molar-refractivity contribution is 5.94. The summed E-state index contributed by atoms with van der Waals surface area (Å²) in [6.45, 7) is 2.78. The molecule has 2 rings (SSSR count). The Morgan fingerprint density at radius 3 is 2.43 bits per heavy atom. The molecule has 6 heteroatoms. The molecule has 0 spiro atoms. The minimum atomic E-state index is -2.83. The molecule has 1 amide bonds. The van der Waals surface area contributed by atoms with E-state index in [1.54, 1.807) is 31.2 Å². The third-order valence-electron chi connectivity index (χ3n) is 3.60. The number of benzene rings is 1. The molecule has 0 unspecified atom stereocenters. The van der Waals surface area contributed by atoms with Gasteiger partial charge in [-0.1, -0.05) is 24.3 Å². The summed E-state index contributed by atoms with van der Waals surface area (Å²) in [6, 6.07) is 5.69. The second-order valence-electron chi connectivity index (χ2n) is 5.40. The third kappa shape index (κ3) is 3.85. The number of ketones is 1. The maximum Gasteiger partial charge on any atom is 0.262 e. The van der Waals surface area contributed by atoms with Crippen LogP contribution in [0.15, 0.2) is 24.3 Å². The Balaban J connectivity index is 1.96. The quantitative estimate of drug-likeness (QED) is 0.836. The van der Waals surface area contributed by atoms with Crippen molar-refractivity contribution in [3.05, 3.63) is 35.4 Å². The van der Waals surface area contributed by atoms with E-state index in [1.165, 1.54) is 6.92 Å². The summed E-state index contributed by atoms with van der Waals surface area (Å²) < 4.78 is 26.1. The second kappa shape index (κ2) is 5.89. The Morgan fingerprint density at radius 2 is 1.95 bits per heavy atom. The summed E-state index contributed by atoms with van der Waals surface area (Å²) >= 11 is 0. The molecule has 1 aliphatic heterocycles. The van der Waals surface area contributed by atoms with Gasteiger partial charge < -0.3 is 5.32 Å². The standard InChI is InChI=1S/C15H18F2N2O2/c1-9(11-3-5-12(6-4-11)10(2)20)19-14(21)13-7-15(16,17)8-18-13/h3-6,9,13,18H,7-8H2,1-2H3,(H,19,21)/t9-,13+/m0/s1. The van der Waals surface area contributed by atoms with Crippen LogP contribution in [0, 0.1) is 0 Å². The van der Waals surface area contributed by atoms with E-state index in [0.717, 1.165) is 5.56 Å². The highest BCUT2D eigenvalue weighted by atomic mass is 19.3. The molecule has 1 saturated heterocycles. The van der Waals surface area contributed by atoms with Gasteiger partial charge in [-0.15, -0.1) is 0 Å². The minimum absolute atomic E-state index is 0.0318. The molecule has 0 aliphatic carbocycles. The van der Waals surface area contributed by atoms with Gasteiger partial charge in [-0.3, -0.25) is 14.9 Å². The summed E-state index contributed by atoms with van der Waals surface area (Å²) in [5.74, 6) is -3.29. The fourth-order valence-corrected chi connectivity index (χ4v) is 2.30. The SMILES string of the molecule is CC(=O)c1ccc([C@H](C)NC(=O)[C@H]2CC(F)(F)CN2)cc1. The van der Waals surface area contributed by atoms with Crippen LogP contribution in [0.4, 0.5) is 8.78 Å². The molecule has 1 heterocycles. The van der Waals surface area contributed by atoms with Crippen molar-refractivity contribution in [1.82, 2.24) is 10.6 Å². The van der Waals surface area contributed by atoms with E-state index in [2.05, 4.69) is 10.6 Å².